The van der Waals surface area contributed by atoms with Crippen molar-refractivity contribution in [1.29, 1.82) is 0 Å². The van der Waals surface area contributed by atoms with E-state index in [1.807, 2.05) is 0 Å². The summed E-state index contributed by atoms with van der Waals surface area (Å²) in [5, 5.41) is 0.776. The molecule has 0 unspecified atom stereocenters. The van der Waals surface area contributed by atoms with Gasteiger partial charge in [-0.3, -0.25) is 4.79 Å². The first kappa shape index (κ1) is 13.4. The monoisotopic (exact) mass is 234 g/mol. The first-order valence-electron chi connectivity index (χ1n) is 3.92. The van der Waals surface area contributed by atoms with Gasteiger partial charge in [-0.05, 0) is 0 Å². The van der Waals surface area contributed by atoms with Crippen LogP contribution in [0.2, 0.25) is 0 Å². The molecule has 0 spiro atoms. The summed E-state index contributed by atoms with van der Waals surface area (Å²) in [4.78, 5) is 21.3. The topological polar surface area (TPSA) is 86.7 Å². The minimum absolute atomic E-state index is 0.0863. The number of carbonyl (C=O) groups is 2. The number of hydrogen-bond acceptors (Lipinski definition) is 6. The van der Waals surface area contributed by atoms with Crippen LogP contribution in [0.5, 0.6) is 0 Å². The molecule has 0 aromatic rings. The molecule has 0 aromatic heterocycles. The van der Waals surface area contributed by atoms with Gasteiger partial charge in [0.1, 0.15) is 13.2 Å². The van der Waals surface area contributed by atoms with E-state index in [-0.39, 0.29) is 19.6 Å². The molecule has 0 rings (SSSR count). The SMILES string of the molecule is C=CC(=O)OCCOC(=O)CC=S(=O)=O. The summed E-state index contributed by atoms with van der Waals surface area (Å²) in [7, 11) is -2.38. The molecule has 7 heteroatoms. The fourth-order valence-electron chi connectivity index (χ4n) is 0.552. The molecule has 0 atom stereocenters. The van der Waals surface area contributed by atoms with Gasteiger partial charge in [0, 0.05) is 11.4 Å². The molecular formula is C8H10O6S. The van der Waals surface area contributed by atoms with Gasteiger partial charge in [-0.15, -0.1) is 0 Å². The molecule has 0 aliphatic rings. The van der Waals surface area contributed by atoms with E-state index < -0.39 is 22.2 Å². The van der Waals surface area contributed by atoms with Gasteiger partial charge in [0.25, 0.3) is 0 Å². The summed E-state index contributed by atoms with van der Waals surface area (Å²) in [6.45, 7) is 2.97. The minimum atomic E-state index is -2.38. The maximum Gasteiger partial charge on any atom is 0.330 e. The zero-order valence-corrected chi connectivity index (χ0v) is 8.66. The van der Waals surface area contributed by atoms with Crippen molar-refractivity contribution >= 4 is 27.6 Å². The lowest BCUT2D eigenvalue weighted by atomic mass is 10.5. The third-order valence-corrected chi connectivity index (χ3v) is 1.58. The zero-order valence-electron chi connectivity index (χ0n) is 7.84. The van der Waals surface area contributed by atoms with Gasteiger partial charge in [0.2, 0.25) is 10.3 Å². The molecule has 0 saturated heterocycles. The fraction of sp³-hybridized carbons (Fsp3) is 0.375. The Bertz CT molecular complexity index is 359. The van der Waals surface area contributed by atoms with Gasteiger partial charge in [0.05, 0.1) is 6.42 Å². The van der Waals surface area contributed by atoms with Crippen molar-refractivity contribution in [2.45, 2.75) is 6.42 Å². The van der Waals surface area contributed by atoms with Crippen LogP contribution >= 0.6 is 0 Å². The summed E-state index contributed by atoms with van der Waals surface area (Å²) in [5.74, 6) is -1.31. The van der Waals surface area contributed by atoms with E-state index in [2.05, 4.69) is 16.1 Å². The van der Waals surface area contributed by atoms with Gasteiger partial charge in [-0.25, -0.2) is 4.79 Å². The van der Waals surface area contributed by atoms with Crippen molar-refractivity contribution in [1.82, 2.24) is 0 Å². The Morgan fingerprint density at radius 2 is 1.80 bits per heavy atom. The first-order chi connectivity index (χ1) is 7.06. The Morgan fingerprint density at radius 3 is 2.33 bits per heavy atom. The first-order valence-corrected chi connectivity index (χ1v) is 5.06. The molecule has 0 N–H and O–H groups in total. The summed E-state index contributed by atoms with van der Waals surface area (Å²) < 4.78 is 29.1. The van der Waals surface area contributed by atoms with Crippen molar-refractivity contribution in [3.8, 4) is 0 Å². The highest BCUT2D eigenvalue weighted by atomic mass is 32.2. The van der Waals surface area contributed by atoms with E-state index >= 15 is 0 Å². The summed E-state index contributed by atoms with van der Waals surface area (Å²) in [6, 6.07) is 0. The van der Waals surface area contributed by atoms with Crippen LogP contribution in [0.25, 0.3) is 0 Å². The van der Waals surface area contributed by atoms with Crippen LogP contribution in [0.3, 0.4) is 0 Å². The van der Waals surface area contributed by atoms with E-state index in [0.29, 0.717) is 0 Å². The molecule has 0 aromatic carbocycles. The van der Waals surface area contributed by atoms with Gasteiger partial charge >= 0.3 is 11.9 Å². The van der Waals surface area contributed by atoms with Crippen molar-refractivity contribution < 1.29 is 27.5 Å². The van der Waals surface area contributed by atoms with E-state index in [4.69, 9.17) is 0 Å². The number of hydrogen-bond donors (Lipinski definition) is 0. The minimum Gasteiger partial charge on any atom is -0.462 e. The van der Waals surface area contributed by atoms with Crippen molar-refractivity contribution in [2.75, 3.05) is 13.2 Å². The molecule has 15 heavy (non-hydrogen) atoms. The van der Waals surface area contributed by atoms with Crippen molar-refractivity contribution in [3.63, 3.8) is 0 Å². The Morgan fingerprint density at radius 1 is 1.20 bits per heavy atom. The van der Waals surface area contributed by atoms with Gasteiger partial charge < -0.3 is 9.47 Å². The Kier molecular flexibility index (Phi) is 6.90. The summed E-state index contributed by atoms with van der Waals surface area (Å²) in [6.07, 6.45) is 0.654. The maximum absolute atomic E-state index is 10.8. The third-order valence-electron chi connectivity index (χ3n) is 1.14. The van der Waals surface area contributed by atoms with Crippen molar-refractivity contribution in [2.24, 2.45) is 0 Å². The second-order valence-corrected chi connectivity index (χ2v) is 3.08. The maximum atomic E-state index is 10.8. The van der Waals surface area contributed by atoms with Gasteiger partial charge in [0.15, 0.2) is 0 Å². The highest BCUT2D eigenvalue weighted by Gasteiger charge is 2.01. The van der Waals surface area contributed by atoms with Crippen LogP contribution in [0.15, 0.2) is 12.7 Å². The van der Waals surface area contributed by atoms with E-state index in [9.17, 15) is 18.0 Å². The van der Waals surface area contributed by atoms with E-state index in [1.165, 1.54) is 0 Å². The van der Waals surface area contributed by atoms with Crippen molar-refractivity contribution in [3.05, 3.63) is 12.7 Å². The van der Waals surface area contributed by atoms with Crippen LogP contribution in [0, 0.1) is 0 Å². The Hall–Kier alpha value is -1.63. The standard InChI is InChI=1S/C8H10O6S/c1-2-7(9)13-4-5-14-8(10)3-6-15(11)12/h2,6H,1,3-5H2. The third kappa shape index (κ3) is 8.69. The molecule has 0 aliphatic carbocycles. The number of carbonyl (C=O) groups excluding carboxylic acids is 2. The predicted molar refractivity (Wildman–Crippen MR) is 51.7 cm³/mol. The lowest BCUT2D eigenvalue weighted by Gasteiger charge is -2.02. The second-order valence-electron chi connectivity index (χ2n) is 2.22. The molecule has 6 nitrogen and oxygen atoms in total. The Labute approximate surface area is 88.0 Å². The number of esters is 2. The molecule has 0 bridgehead atoms. The molecule has 0 fully saturated rings. The predicted octanol–water partition coefficient (Wildman–Crippen LogP) is -0.670. The fourth-order valence-corrected chi connectivity index (χ4v) is 0.824. The van der Waals surface area contributed by atoms with E-state index in [1.54, 1.807) is 0 Å². The van der Waals surface area contributed by atoms with Crippen LogP contribution in [-0.4, -0.2) is 38.9 Å². The Balaban J connectivity index is 3.60. The molecule has 0 heterocycles. The highest BCUT2D eigenvalue weighted by Crippen LogP contribution is 1.85. The van der Waals surface area contributed by atoms with E-state index in [0.717, 1.165) is 11.4 Å². The molecule has 84 valence electrons. The average Bonchev–Trinajstić information content (AvgIpc) is 2.21. The van der Waals surface area contributed by atoms with Crippen LogP contribution < -0.4 is 0 Å². The van der Waals surface area contributed by atoms with Crippen LogP contribution in [0.1, 0.15) is 6.42 Å². The summed E-state index contributed by atoms with van der Waals surface area (Å²) >= 11 is 0. The van der Waals surface area contributed by atoms with Gasteiger partial charge in [-0.2, -0.15) is 8.42 Å². The normalized spacial score (nSPS) is 8.80. The van der Waals surface area contributed by atoms with Crippen LogP contribution in [0.4, 0.5) is 0 Å². The lowest BCUT2D eigenvalue weighted by Crippen LogP contribution is -2.12. The quantitative estimate of drug-likeness (QED) is 0.262. The smallest absolute Gasteiger partial charge is 0.330 e. The second kappa shape index (κ2) is 7.74. The molecular weight excluding hydrogens is 224 g/mol. The molecule has 0 amide bonds. The lowest BCUT2D eigenvalue weighted by molar-refractivity contribution is -0.148. The molecule has 0 aliphatic heterocycles. The average molecular weight is 234 g/mol. The molecule has 0 radical (unpaired) electrons. The number of ether oxygens (including phenoxy) is 2. The summed E-state index contributed by atoms with van der Waals surface area (Å²) in [5.41, 5.74) is 0. The zero-order chi connectivity index (χ0) is 11.7. The number of rotatable bonds is 6. The van der Waals surface area contributed by atoms with Crippen LogP contribution in [-0.2, 0) is 29.4 Å². The van der Waals surface area contributed by atoms with Gasteiger partial charge in [-0.1, -0.05) is 6.58 Å². The largest absolute Gasteiger partial charge is 0.462 e. The highest BCUT2D eigenvalue weighted by molar-refractivity contribution is 7.71. The molecule has 0 saturated carbocycles.